The van der Waals surface area contributed by atoms with Crippen LogP contribution in [-0.4, -0.2) is 47.2 Å². The Kier molecular flexibility index (Phi) is 4.27. The molecule has 1 aliphatic rings. The van der Waals surface area contributed by atoms with Gasteiger partial charge < -0.3 is 20.4 Å². The molecule has 2 rings (SSSR count). The quantitative estimate of drug-likeness (QED) is 0.753. The average molecular weight is 264 g/mol. The number of hydrogen-bond acceptors (Lipinski definition) is 4. The molecular formula is C14H20N2O3. The first-order valence-corrected chi connectivity index (χ1v) is 6.60. The lowest BCUT2D eigenvalue weighted by molar-refractivity contribution is 0.0714. The van der Waals surface area contributed by atoms with Crippen LogP contribution < -0.4 is 5.32 Å². The van der Waals surface area contributed by atoms with Crippen molar-refractivity contribution in [2.24, 2.45) is 0 Å². The Morgan fingerprint density at radius 2 is 1.95 bits per heavy atom. The number of aromatic hydroxyl groups is 2. The number of phenolic OH excluding ortho intramolecular Hbond substituents is 2. The van der Waals surface area contributed by atoms with Gasteiger partial charge >= 0.3 is 0 Å². The lowest BCUT2D eigenvalue weighted by Gasteiger charge is -2.27. The van der Waals surface area contributed by atoms with E-state index in [-0.39, 0.29) is 29.0 Å². The maximum atomic E-state index is 12.4. The number of nitrogens with one attached hydrogen (secondary N) is 1. The lowest BCUT2D eigenvalue weighted by Crippen LogP contribution is -2.37. The number of carbonyl (C=O) groups excluding carboxylic acids is 1. The third-order valence-corrected chi connectivity index (χ3v) is 3.65. The second kappa shape index (κ2) is 5.93. The first-order valence-electron chi connectivity index (χ1n) is 6.60. The molecule has 1 fully saturated rings. The summed E-state index contributed by atoms with van der Waals surface area (Å²) in [5.74, 6) is -0.685. The Labute approximate surface area is 112 Å². The van der Waals surface area contributed by atoms with Gasteiger partial charge in [0.2, 0.25) is 0 Å². The van der Waals surface area contributed by atoms with Gasteiger partial charge in [-0.05, 0) is 44.5 Å². The van der Waals surface area contributed by atoms with Crippen LogP contribution in [0.2, 0.25) is 0 Å². The lowest BCUT2D eigenvalue weighted by atomic mass is 10.1. The molecule has 5 nitrogen and oxygen atoms in total. The molecule has 0 spiro atoms. The fourth-order valence-electron chi connectivity index (χ4n) is 2.48. The van der Waals surface area contributed by atoms with E-state index in [2.05, 4.69) is 5.32 Å². The molecule has 1 atom stereocenters. The molecule has 1 unspecified atom stereocenters. The minimum absolute atomic E-state index is 0.0118. The molecular weight excluding hydrogens is 244 g/mol. The highest BCUT2D eigenvalue weighted by Crippen LogP contribution is 2.28. The number of carbonyl (C=O) groups is 1. The van der Waals surface area contributed by atoms with E-state index in [9.17, 15) is 15.0 Å². The Balaban J connectivity index is 2.18. The maximum absolute atomic E-state index is 12.4. The molecule has 0 bridgehead atoms. The number of nitrogens with zero attached hydrogens (tertiary/aromatic N) is 1. The SMILES string of the molecule is CN(C(=O)c1c(O)cccc1O)C1CCCNCC1. The summed E-state index contributed by atoms with van der Waals surface area (Å²) in [6, 6.07) is 4.48. The Morgan fingerprint density at radius 1 is 1.26 bits per heavy atom. The zero-order valence-electron chi connectivity index (χ0n) is 11.1. The van der Waals surface area contributed by atoms with Gasteiger partial charge in [0.1, 0.15) is 17.1 Å². The molecule has 1 aliphatic heterocycles. The van der Waals surface area contributed by atoms with E-state index >= 15 is 0 Å². The Hall–Kier alpha value is -1.75. The van der Waals surface area contributed by atoms with Gasteiger partial charge in [-0.3, -0.25) is 4.79 Å². The molecule has 0 aromatic heterocycles. The van der Waals surface area contributed by atoms with Crippen molar-refractivity contribution in [2.75, 3.05) is 20.1 Å². The summed E-state index contributed by atoms with van der Waals surface area (Å²) >= 11 is 0. The minimum Gasteiger partial charge on any atom is -0.507 e. The molecule has 1 aromatic rings. The summed E-state index contributed by atoms with van der Waals surface area (Å²) in [6.45, 7) is 1.86. The summed E-state index contributed by atoms with van der Waals surface area (Å²) in [4.78, 5) is 14.0. The van der Waals surface area contributed by atoms with E-state index in [4.69, 9.17) is 0 Å². The normalized spacial score (nSPS) is 19.7. The van der Waals surface area contributed by atoms with Crippen molar-refractivity contribution in [3.63, 3.8) is 0 Å². The molecule has 0 saturated carbocycles. The van der Waals surface area contributed by atoms with E-state index < -0.39 is 0 Å². The van der Waals surface area contributed by atoms with Gasteiger partial charge in [0.25, 0.3) is 5.91 Å². The highest BCUT2D eigenvalue weighted by molar-refractivity contribution is 5.99. The smallest absolute Gasteiger partial charge is 0.261 e. The summed E-state index contributed by atoms with van der Waals surface area (Å²) in [5, 5.41) is 22.8. The predicted molar refractivity (Wildman–Crippen MR) is 72.4 cm³/mol. The topological polar surface area (TPSA) is 72.8 Å². The fourth-order valence-corrected chi connectivity index (χ4v) is 2.48. The third-order valence-electron chi connectivity index (χ3n) is 3.65. The van der Waals surface area contributed by atoms with Crippen LogP contribution in [0.15, 0.2) is 18.2 Å². The van der Waals surface area contributed by atoms with Crippen molar-refractivity contribution in [2.45, 2.75) is 25.3 Å². The van der Waals surface area contributed by atoms with E-state index in [1.807, 2.05) is 0 Å². The predicted octanol–water partition coefficient (Wildman–Crippen LogP) is 1.31. The van der Waals surface area contributed by atoms with Crippen LogP contribution in [0.1, 0.15) is 29.6 Å². The fraction of sp³-hybridized carbons (Fsp3) is 0.500. The molecule has 0 radical (unpaired) electrons. The number of amides is 1. The molecule has 1 aromatic carbocycles. The molecule has 1 saturated heterocycles. The average Bonchev–Trinajstić information content (AvgIpc) is 2.66. The number of phenols is 2. The zero-order valence-corrected chi connectivity index (χ0v) is 11.1. The summed E-state index contributed by atoms with van der Waals surface area (Å²) < 4.78 is 0. The van der Waals surface area contributed by atoms with Crippen LogP contribution in [0.25, 0.3) is 0 Å². The third kappa shape index (κ3) is 2.98. The zero-order chi connectivity index (χ0) is 13.8. The summed E-state index contributed by atoms with van der Waals surface area (Å²) in [6.07, 6.45) is 2.84. The van der Waals surface area contributed by atoms with Crippen molar-refractivity contribution in [1.82, 2.24) is 10.2 Å². The highest BCUT2D eigenvalue weighted by atomic mass is 16.3. The minimum atomic E-state index is -0.331. The first-order chi connectivity index (χ1) is 9.11. The van der Waals surface area contributed by atoms with Gasteiger partial charge in [0.05, 0.1) is 0 Å². The van der Waals surface area contributed by atoms with E-state index in [1.54, 1.807) is 11.9 Å². The van der Waals surface area contributed by atoms with Gasteiger partial charge in [-0.25, -0.2) is 0 Å². The van der Waals surface area contributed by atoms with Gasteiger partial charge in [0, 0.05) is 13.1 Å². The standard InChI is InChI=1S/C14H20N2O3/c1-16(10-4-3-8-15-9-7-10)14(19)13-11(17)5-2-6-12(13)18/h2,5-6,10,15,17-18H,3-4,7-9H2,1H3. The molecule has 1 amide bonds. The molecule has 19 heavy (non-hydrogen) atoms. The van der Waals surface area contributed by atoms with Crippen LogP contribution in [0.4, 0.5) is 0 Å². The van der Waals surface area contributed by atoms with Crippen LogP contribution in [-0.2, 0) is 0 Å². The monoisotopic (exact) mass is 264 g/mol. The van der Waals surface area contributed by atoms with Crippen molar-refractivity contribution in [3.05, 3.63) is 23.8 Å². The largest absolute Gasteiger partial charge is 0.507 e. The maximum Gasteiger partial charge on any atom is 0.261 e. The van der Waals surface area contributed by atoms with Crippen molar-refractivity contribution < 1.29 is 15.0 Å². The van der Waals surface area contributed by atoms with Crippen molar-refractivity contribution in [1.29, 1.82) is 0 Å². The Morgan fingerprint density at radius 3 is 2.63 bits per heavy atom. The van der Waals surface area contributed by atoms with Gasteiger partial charge in [-0.15, -0.1) is 0 Å². The van der Waals surface area contributed by atoms with Crippen LogP contribution in [0, 0.1) is 0 Å². The molecule has 3 N–H and O–H groups in total. The van der Waals surface area contributed by atoms with E-state index in [0.717, 1.165) is 32.4 Å². The van der Waals surface area contributed by atoms with Crippen LogP contribution in [0.3, 0.4) is 0 Å². The molecule has 0 aliphatic carbocycles. The van der Waals surface area contributed by atoms with Crippen molar-refractivity contribution in [3.8, 4) is 11.5 Å². The second-order valence-corrected chi connectivity index (χ2v) is 4.92. The number of benzene rings is 1. The van der Waals surface area contributed by atoms with E-state index in [1.165, 1.54) is 18.2 Å². The molecule has 5 heteroatoms. The van der Waals surface area contributed by atoms with E-state index in [0.29, 0.717) is 0 Å². The van der Waals surface area contributed by atoms with Gasteiger partial charge in [0.15, 0.2) is 0 Å². The van der Waals surface area contributed by atoms with Gasteiger partial charge in [-0.2, -0.15) is 0 Å². The second-order valence-electron chi connectivity index (χ2n) is 4.92. The van der Waals surface area contributed by atoms with Crippen molar-refractivity contribution >= 4 is 5.91 Å². The number of rotatable bonds is 2. The molecule has 1 heterocycles. The van der Waals surface area contributed by atoms with Gasteiger partial charge in [-0.1, -0.05) is 6.07 Å². The molecule has 104 valence electrons. The van der Waals surface area contributed by atoms with Crippen LogP contribution >= 0.6 is 0 Å². The first kappa shape index (κ1) is 13.7. The summed E-state index contributed by atoms with van der Waals surface area (Å²) in [7, 11) is 1.73. The summed E-state index contributed by atoms with van der Waals surface area (Å²) in [5.41, 5.74) is -0.0118. The number of hydrogen-bond donors (Lipinski definition) is 3. The van der Waals surface area contributed by atoms with Crippen LogP contribution in [0.5, 0.6) is 11.5 Å². The Bertz CT molecular complexity index is 434. The highest BCUT2D eigenvalue weighted by Gasteiger charge is 2.25.